The topological polar surface area (TPSA) is 163 Å². The predicted molar refractivity (Wildman–Crippen MR) is 140 cm³/mol. The quantitative estimate of drug-likeness (QED) is 0.191. The number of ketones is 1. The third-order valence-electron chi connectivity index (χ3n) is 6.73. The molecule has 39 heavy (non-hydrogen) atoms. The van der Waals surface area contributed by atoms with Crippen molar-refractivity contribution in [3.05, 3.63) is 58.6 Å². The number of amides is 2. The summed E-state index contributed by atoms with van der Waals surface area (Å²) in [5.41, 5.74) is -1.27. The van der Waals surface area contributed by atoms with Crippen LogP contribution in [0.3, 0.4) is 0 Å². The van der Waals surface area contributed by atoms with Crippen LogP contribution in [0.5, 0.6) is 0 Å². The molecule has 0 saturated carbocycles. The van der Waals surface area contributed by atoms with Gasteiger partial charge in [0.15, 0.2) is 0 Å². The highest BCUT2D eigenvalue weighted by molar-refractivity contribution is 8.26. The van der Waals surface area contributed by atoms with Crippen LogP contribution in [0, 0.1) is 22.5 Å². The molecule has 2 heterocycles. The maximum atomic E-state index is 13.9. The van der Waals surface area contributed by atoms with Gasteiger partial charge < -0.3 is 19.6 Å². The van der Waals surface area contributed by atoms with E-state index in [1.807, 2.05) is 0 Å². The number of halogens is 2. The molecule has 14 heteroatoms. The Morgan fingerprint density at radius 2 is 1.95 bits per heavy atom. The summed E-state index contributed by atoms with van der Waals surface area (Å²) in [5.74, 6) is -4.00. The highest BCUT2D eigenvalue weighted by Crippen LogP contribution is 2.27. The van der Waals surface area contributed by atoms with Crippen LogP contribution in [0.25, 0.3) is 0 Å². The van der Waals surface area contributed by atoms with E-state index in [1.165, 1.54) is 29.5 Å². The maximum Gasteiger partial charge on any atom is 0.409 e. The fourth-order valence-corrected chi connectivity index (χ4v) is 5.12. The van der Waals surface area contributed by atoms with Gasteiger partial charge in [0.1, 0.15) is 28.5 Å². The molecule has 0 spiro atoms. The Balaban J connectivity index is 1.66. The second kappa shape index (κ2) is 12.5. The number of ether oxygens (including phenoxy) is 1. The molecule has 1 aromatic rings. The minimum absolute atomic E-state index is 0.0578. The highest BCUT2D eigenvalue weighted by Gasteiger charge is 2.44. The van der Waals surface area contributed by atoms with Crippen molar-refractivity contribution in [2.24, 2.45) is 0 Å². The van der Waals surface area contributed by atoms with Crippen LogP contribution in [-0.2, 0) is 20.7 Å². The average Bonchev–Trinajstić information content (AvgIpc) is 2.91. The molecule has 1 saturated heterocycles. The van der Waals surface area contributed by atoms with Gasteiger partial charge >= 0.3 is 12.0 Å². The number of nitrogens with one attached hydrogen (secondary N) is 3. The first-order chi connectivity index (χ1) is 18.4. The van der Waals surface area contributed by atoms with Crippen molar-refractivity contribution in [3.63, 3.8) is 0 Å². The molecule has 210 valence electrons. The maximum absolute atomic E-state index is 13.9. The number of Topliss-reactive ketones (excluding diaryl/α,β-unsaturated/α-hetero) is 1. The first-order valence-electron chi connectivity index (χ1n) is 12.1. The SMILES string of the molecule is CCOC(=O)N1CCC(NC)(N(C)C(=O)C2=C(O)C(=O)C(C(=N)SC(=N)Cc3ccc(F)cc3F)=C[NH2+]2)CC1. The van der Waals surface area contributed by atoms with Crippen molar-refractivity contribution in [3.8, 4) is 0 Å². The molecule has 2 aliphatic rings. The number of likely N-dealkylation sites (tertiary alicyclic amines) is 1. The lowest BCUT2D eigenvalue weighted by atomic mass is 9.94. The standard InChI is InChI=1S/C25H30F2N6O5S/c1-4-38-24(37)33-9-7-25(30-2,8-10-33)32(3)23(36)19-21(35)20(34)16(13-31-19)22(29)39-18(28)11-14-5-6-15(26)12-17(14)27/h5-6,12-13,28-30,35H,4,7-11H2,1-3H3,(H,31,34)/p+1. The number of hydrogen-bond acceptors (Lipinski definition) is 9. The van der Waals surface area contributed by atoms with Crippen molar-refractivity contribution in [1.82, 2.24) is 15.1 Å². The normalized spacial score (nSPS) is 17.0. The molecule has 1 fully saturated rings. The molecule has 0 unspecified atom stereocenters. The Labute approximate surface area is 228 Å². The number of carbonyl (C=O) groups is 3. The molecular weight excluding hydrogens is 534 g/mol. The number of aliphatic hydroxyl groups excluding tert-OH is 1. The monoisotopic (exact) mass is 565 g/mol. The first-order valence-corrected chi connectivity index (χ1v) is 13.0. The summed E-state index contributed by atoms with van der Waals surface area (Å²) in [6, 6.07) is 2.95. The Kier molecular flexibility index (Phi) is 9.59. The molecule has 3 rings (SSSR count). The summed E-state index contributed by atoms with van der Waals surface area (Å²) >= 11 is 0.583. The molecule has 2 amide bonds. The number of carbonyl (C=O) groups excluding carboxylic acids is 3. The van der Waals surface area contributed by atoms with Gasteiger partial charge in [-0.05, 0) is 25.6 Å². The van der Waals surface area contributed by atoms with Gasteiger partial charge in [0.2, 0.25) is 17.2 Å². The minimum atomic E-state index is -0.955. The smallest absolute Gasteiger partial charge is 0.409 e. The van der Waals surface area contributed by atoms with Crippen LogP contribution in [-0.4, -0.2) is 82.2 Å². The third-order valence-corrected chi connectivity index (χ3v) is 7.54. The summed E-state index contributed by atoms with van der Waals surface area (Å²) in [7, 11) is 3.21. The van der Waals surface area contributed by atoms with Gasteiger partial charge in [0, 0.05) is 45.5 Å². The zero-order valence-corrected chi connectivity index (χ0v) is 22.6. The molecule has 2 aliphatic heterocycles. The third kappa shape index (κ3) is 6.52. The van der Waals surface area contributed by atoms with Crippen LogP contribution in [0.2, 0.25) is 0 Å². The number of aliphatic hydroxyl groups is 1. The fourth-order valence-electron chi connectivity index (χ4n) is 4.38. The van der Waals surface area contributed by atoms with Gasteiger partial charge in [-0.1, -0.05) is 17.8 Å². The summed E-state index contributed by atoms with van der Waals surface area (Å²) in [5, 5.41) is 30.7. The van der Waals surface area contributed by atoms with Crippen molar-refractivity contribution < 1.29 is 38.3 Å². The van der Waals surface area contributed by atoms with Gasteiger partial charge in [0.25, 0.3) is 0 Å². The number of allylic oxidation sites excluding steroid dienone is 1. The lowest BCUT2D eigenvalue weighted by molar-refractivity contribution is -0.532. The number of thioether (sulfide) groups is 1. The number of hydrogen-bond donors (Lipinski definition) is 5. The van der Waals surface area contributed by atoms with Gasteiger partial charge in [-0.25, -0.2) is 13.6 Å². The molecule has 0 atom stereocenters. The van der Waals surface area contributed by atoms with E-state index >= 15 is 0 Å². The van der Waals surface area contributed by atoms with Crippen LogP contribution < -0.4 is 10.6 Å². The molecule has 0 aliphatic carbocycles. The predicted octanol–water partition coefficient (Wildman–Crippen LogP) is 1.62. The number of nitrogens with two attached hydrogens (primary N) is 1. The van der Waals surface area contributed by atoms with Gasteiger partial charge in [-0.3, -0.25) is 31.0 Å². The van der Waals surface area contributed by atoms with Crippen LogP contribution in [0.1, 0.15) is 25.3 Å². The fraction of sp³-hybridized carbons (Fsp3) is 0.400. The molecule has 0 aromatic heterocycles. The highest BCUT2D eigenvalue weighted by atomic mass is 32.2. The number of nitrogens with zero attached hydrogens (tertiary/aromatic N) is 2. The number of rotatable bonds is 7. The summed E-state index contributed by atoms with van der Waals surface area (Å²) in [6.45, 7) is 2.63. The van der Waals surface area contributed by atoms with Gasteiger partial charge in [0.05, 0.1) is 17.3 Å². The van der Waals surface area contributed by atoms with Gasteiger partial charge in [-0.2, -0.15) is 0 Å². The van der Waals surface area contributed by atoms with E-state index in [1.54, 1.807) is 18.9 Å². The van der Waals surface area contributed by atoms with Gasteiger partial charge in [-0.15, -0.1) is 0 Å². The number of benzene rings is 1. The zero-order chi connectivity index (χ0) is 28.9. The lowest BCUT2D eigenvalue weighted by Crippen LogP contribution is -2.81. The van der Waals surface area contributed by atoms with E-state index in [-0.39, 0.29) is 39.9 Å². The molecule has 11 nitrogen and oxygen atoms in total. The van der Waals surface area contributed by atoms with Crippen LogP contribution in [0.4, 0.5) is 13.6 Å². The van der Waals surface area contributed by atoms with Crippen molar-refractivity contribution in [2.45, 2.75) is 31.8 Å². The summed E-state index contributed by atoms with van der Waals surface area (Å²) < 4.78 is 32.1. The number of piperidine rings is 1. The van der Waals surface area contributed by atoms with Crippen molar-refractivity contribution in [2.75, 3.05) is 33.8 Å². The molecule has 1 aromatic carbocycles. The van der Waals surface area contributed by atoms with E-state index in [9.17, 15) is 28.3 Å². The van der Waals surface area contributed by atoms with Crippen molar-refractivity contribution in [1.29, 1.82) is 10.8 Å². The molecular formula is C25H31F2N6O5S+. The Bertz CT molecular complexity index is 1260. The lowest BCUT2D eigenvalue weighted by Gasteiger charge is -2.46. The molecule has 0 bridgehead atoms. The van der Waals surface area contributed by atoms with E-state index in [2.05, 4.69) is 5.32 Å². The van der Waals surface area contributed by atoms with E-state index in [0.717, 1.165) is 6.07 Å². The Morgan fingerprint density at radius 3 is 2.54 bits per heavy atom. The van der Waals surface area contributed by atoms with E-state index in [4.69, 9.17) is 15.6 Å². The Morgan fingerprint density at radius 1 is 1.28 bits per heavy atom. The minimum Gasteiger partial charge on any atom is -0.500 e. The Hall–Kier alpha value is -3.62. The van der Waals surface area contributed by atoms with Crippen molar-refractivity contribution >= 4 is 39.6 Å². The first kappa shape index (κ1) is 29.9. The average molecular weight is 566 g/mol. The second-order valence-electron chi connectivity index (χ2n) is 8.94. The van der Waals surface area contributed by atoms with E-state index < -0.39 is 40.8 Å². The largest absolute Gasteiger partial charge is 0.500 e. The van der Waals surface area contributed by atoms with Crippen LogP contribution >= 0.6 is 11.8 Å². The van der Waals surface area contributed by atoms with E-state index in [0.29, 0.717) is 43.8 Å². The zero-order valence-electron chi connectivity index (χ0n) is 21.8. The molecule has 6 N–H and O–H groups in total. The second-order valence-corrected chi connectivity index (χ2v) is 10.0. The molecule has 0 radical (unpaired) electrons. The number of likely N-dealkylation sites (N-methyl/N-ethyl adjacent to an activating group) is 1. The van der Waals surface area contributed by atoms with Crippen LogP contribution in [0.15, 0.2) is 41.4 Å². The number of quaternary nitrogens is 1. The summed E-state index contributed by atoms with van der Waals surface area (Å²) in [4.78, 5) is 41.2. The summed E-state index contributed by atoms with van der Waals surface area (Å²) in [6.07, 6.45) is 1.33.